The molecule has 1 aromatic rings. The number of nitrogens with zero attached hydrogens (tertiary/aromatic N) is 3. The third-order valence-corrected chi connectivity index (χ3v) is 5.07. The minimum atomic E-state index is -0.0818. The van der Waals surface area contributed by atoms with Crippen LogP contribution in [0.3, 0.4) is 0 Å². The molecule has 1 saturated heterocycles. The van der Waals surface area contributed by atoms with E-state index in [-0.39, 0.29) is 28.8 Å². The van der Waals surface area contributed by atoms with Crippen LogP contribution in [0.5, 0.6) is 0 Å². The number of hydrogen-bond acceptors (Lipinski definition) is 3. The van der Waals surface area contributed by atoms with Gasteiger partial charge in [-0.1, -0.05) is 32.9 Å². The van der Waals surface area contributed by atoms with E-state index >= 15 is 0 Å². The molecule has 1 aromatic heterocycles. The van der Waals surface area contributed by atoms with Gasteiger partial charge in [0.05, 0.1) is 11.7 Å². The smallest absolute Gasteiger partial charge is 0.267 e. The highest BCUT2D eigenvalue weighted by molar-refractivity contribution is 5.79. The van der Waals surface area contributed by atoms with Crippen LogP contribution in [0, 0.1) is 5.92 Å². The summed E-state index contributed by atoms with van der Waals surface area (Å²) in [6.07, 6.45) is 7.52. The van der Waals surface area contributed by atoms with Gasteiger partial charge in [-0.15, -0.1) is 0 Å². The van der Waals surface area contributed by atoms with Crippen molar-refractivity contribution in [3.8, 4) is 0 Å². The van der Waals surface area contributed by atoms with Crippen LogP contribution < -0.4 is 5.56 Å². The normalized spacial score (nSPS) is 19.9. The Morgan fingerprint density at radius 2 is 1.75 bits per heavy atom. The molecule has 0 spiro atoms. The van der Waals surface area contributed by atoms with E-state index in [1.807, 2.05) is 11.0 Å². The molecule has 5 nitrogen and oxygen atoms in total. The Balaban J connectivity index is 1.68. The fraction of sp³-hybridized carbons (Fsp3) is 0.632. The topological polar surface area (TPSA) is 55.2 Å². The maximum absolute atomic E-state index is 12.5. The molecule has 5 heteroatoms. The van der Waals surface area contributed by atoms with Gasteiger partial charge in [-0.2, -0.15) is 5.10 Å². The molecule has 0 radical (unpaired) electrons. The molecular formula is C19H27N3O2. The first kappa shape index (κ1) is 16.9. The lowest BCUT2D eigenvalue weighted by molar-refractivity contribution is -0.136. The number of piperidine rings is 1. The second-order valence-electron chi connectivity index (χ2n) is 7.95. The number of carbonyl (C=O) groups excluding carboxylic acids is 1. The van der Waals surface area contributed by atoms with E-state index < -0.39 is 0 Å². The van der Waals surface area contributed by atoms with E-state index in [0.717, 1.165) is 31.4 Å². The molecule has 1 fully saturated rings. The average molecular weight is 329 g/mol. The third-order valence-electron chi connectivity index (χ3n) is 5.07. The molecule has 1 aliphatic carbocycles. The zero-order chi connectivity index (χ0) is 17.3. The highest BCUT2D eigenvalue weighted by atomic mass is 16.2. The number of allylic oxidation sites excluding steroid dienone is 2. The van der Waals surface area contributed by atoms with E-state index in [2.05, 4.69) is 38.0 Å². The molecular weight excluding hydrogens is 302 g/mol. The van der Waals surface area contributed by atoms with Crippen molar-refractivity contribution in [2.75, 3.05) is 13.1 Å². The van der Waals surface area contributed by atoms with Crippen molar-refractivity contribution in [1.82, 2.24) is 14.7 Å². The molecule has 3 rings (SSSR count). The monoisotopic (exact) mass is 329 g/mol. The molecule has 0 bridgehead atoms. The van der Waals surface area contributed by atoms with Gasteiger partial charge in [-0.3, -0.25) is 9.59 Å². The average Bonchev–Trinajstić information content (AvgIpc) is 3.08. The Bertz CT molecular complexity index is 683. The standard InChI is InChI=1S/C19H27N3O2/c1-19(2,3)16-8-9-17(23)22(20-16)15-10-12-21(13-11-15)18(24)14-6-4-5-7-14/h4-5,8-9,14-15H,6-7,10-13H2,1-3H3. The highest BCUT2D eigenvalue weighted by Crippen LogP contribution is 2.26. The third kappa shape index (κ3) is 3.45. The van der Waals surface area contributed by atoms with Crippen molar-refractivity contribution < 1.29 is 4.79 Å². The van der Waals surface area contributed by atoms with Crippen LogP contribution in [-0.4, -0.2) is 33.7 Å². The summed E-state index contributed by atoms with van der Waals surface area (Å²) in [6.45, 7) is 7.73. The summed E-state index contributed by atoms with van der Waals surface area (Å²) in [4.78, 5) is 26.7. The Hall–Kier alpha value is -1.91. The first-order valence-corrected chi connectivity index (χ1v) is 8.90. The van der Waals surface area contributed by atoms with Crippen molar-refractivity contribution in [1.29, 1.82) is 0 Å². The first-order chi connectivity index (χ1) is 11.4. The Morgan fingerprint density at radius 1 is 1.12 bits per heavy atom. The molecule has 2 heterocycles. The van der Waals surface area contributed by atoms with Crippen LogP contribution in [0.25, 0.3) is 0 Å². The zero-order valence-electron chi connectivity index (χ0n) is 14.9. The van der Waals surface area contributed by atoms with Gasteiger partial charge >= 0.3 is 0 Å². The highest BCUT2D eigenvalue weighted by Gasteiger charge is 2.30. The number of hydrogen-bond donors (Lipinski definition) is 0. The van der Waals surface area contributed by atoms with E-state index in [0.29, 0.717) is 13.1 Å². The SMILES string of the molecule is CC(C)(C)c1ccc(=O)n(C2CCN(C(=O)C3CC=CC3)CC2)n1. The van der Waals surface area contributed by atoms with Crippen molar-refractivity contribution in [3.63, 3.8) is 0 Å². The molecule has 0 saturated carbocycles. The lowest BCUT2D eigenvalue weighted by Crippen LogP contribution is -2.43. The molecule has 0 atom stereocenters. The van der Waals surface area contributed by atoms with Gasteiger partial charge in [-0.25, -0.2) is 4.68 Å². The fourth-order valence-electron chi connectivity index (χ4n) is 3.49. The van der Waals surface area contributed by atoms with Gasteiger partial charge in [0, 0.05) is 30.5 Å². The summed E-state index contributed by atoms with van der Waals surface area (Å²) in [5, 5.41) is 4.61. The molecule has 0 unspecified atom stereocenters. The first-order valence-electron chi connectivity index (χ1n) is 8.90. The Kier molecular flexibility index (Phi) is 4.61. The maximum Gasteiger partial charge on any atom is 0.267 e. The number of carbonyl (C=O) groups is 1. The van der Waals surface area contributed by atoms with Crippen molar-refractivity contribution in [2.24, 2.45) is 5.92 Å². The van der Waals surface area contributed by atoms with Crippen LogP contribution >= 0.6 is 0 Å². The predicted molar refractivity (Wildman–Crippen MR) is 93.9 cm³/mol. The van der Waals surface area contributed by atoms with Crippen LogP contribution in [0.15, 0.2) is 29.1 Å². The lowest BCUT2D eigenvalue weighted by Gasteiger charge is -2.34. The van der Waals surface area contributed by atoms with Crippen LogP contribution in [0.2, 0.25) is 0 Å². The summed E-state index contributed by atoms with van der Waals surface area (Å²) in [5.74, 6) is 0.397. The van der Waals surface area contributed by atoms with E-state index in [1.54, 1.807) is 10.7 Å². The summed E-state index contributed by atoms with van der Waals surface area (Å²) in [6, 6.07) is 3.53. The summed E-state index contributed by atoms with van der Waals surface area (Å²) >= 11 is 0. The number of amides is 1. The van der Waals surface area contributed by atoms with Crippen LogP contribution in [0.4, 0.5) is 0 Å². The largest absolute Gasteiger partial charge is 0.342 e. The van der Waals surface area contributed by atoms with Crippen molar-refractivity contribution >= 4 is 5.91 Å². The van der Waals surface area contributed by atoms with Gasteiger partial charge in [0.1, 0.15) is 0 Å². The second kappa shape index (κ2) is 6.54. The number of likely N-dealkylation sites (tertiary alicyclic amines) is 1. The van der Waals surface area contributed by atoms with Gasteiger partial charge in [-0.05, 0) is 31.7 Å². The van der Waals surface area contributed by atoms with Crippen molar-refractivity contribution in [2.45, 2.75) is 57.9 Å². The summed E-state index contributed by atoms with van der Waals surface area (Å²) in [7, 11) is 0. The fourth-order valence-corrected chi connectivity index (χ4v) is 3.49. The molecule has 1 amide bonds. The zero-order valence-corrected chi connectivity index (χ0v) is 14.9. The molecule has 2 aliphatic rings. The van der Waals surface area contributed by atoms with Gasteiger partial charge in [0.2, 0.25) is 5.91 Å². The lowest BCUT2D eigenvalue weighted by atomic mass is 9.92. The second-order valence-corrected chi connectivity index (χ2v) is 7.95. The number of aromatic nitrogens is 2. The van der Waals surface area contributed by atoms with Gasteiger partial charge < -0.3 is 4.90 Å². The van der Waals surface area contributed by atoms with Crippen LogP contribution in [0.1, 0.15) is 58.2 Å². The Labute approximate surface area is 143 Å². The quantitative estimate of drug-likeness (QED) is 0.784. The molecule has 1 aliphatic heterocycles. The van der Waals surface area contributed by atoms with Gasteiger partial charge in [0.15, 0.2) is 0 Å². The molecule has 24 heavy (non-hydrogen) atoms. The molecule has 0 aromatic carbocycles. The summed E-state index contributed by atoms with van der Waals surface area (Å²) in [5.41, 5.74) is 0.798. The minimum absolute atomic E-state index is 0.0484. The number of rotatable bonds is 2. The summed E-state index contributed by atoms with van der Waals surface area (Å²) < 4.78 is 1.64. The van der Waals surface area contributed by atoms with Gasteiger partial charge in [0.25, 0.3) is 5.56 Å². The van der Waals surface area contributed by atoms with Crippen LogP contribution in [-0.2, 0) is 10.2 Å². The Morgan fingerprint density at radius 3 is 2.33 bits per heavy atom. The minimum Gasteiger partial charge on any atom is -0.342 e. The maximum atomic E-state index is 12.5. The van der Waals surface area contributed by atoms with E-state index in [9.17, 15) is 9.59 Å². The molecule has 0 N–H and O–H groups in total. The molecule has 130 valence electrons. The van der Waals surface area contributed by atoms with Crippen molar-refractivity contribution in [3.05, 3.63) is 40.3 Å². The predicted octanol–water partition coefficient (Wildman–Crippen LogP) is 2.67. The van der Waals surface area contributed by atoms with E-state index in [4.69, 9.17) is 0 Å². The van der Waals surface area contributed by atoms with E-state index in [1.165, 1.54) is 0 Å².